The van der Waals surface area contributed by atoms with Crippen molar-refractivity contribution >= 4 is 11.8 Å². The molecule has 0 aliphatic heterocycles. The zero-order valence-electron chi connectivity index (χ0n) is 12.0. The summed E-state index contributed by atoms with van der Waals surface area (Å²) >= 11 is 0. The summed E-state index contributed by atoms with van der Waals surface area (Å²) in [5.41, 5.74) is 6.28. The van der Waals surface area contributed by atoms with Crippen LogP contribution in [0.15, 0.2) is 24.3 Å². The van der Waals surface area contributed by atoms with Crippen molar-refractivity contribution in [2.24, 2.45) is 0 Å². The Morgan fingerprint density at radius 2 is 2.09 bits per heavy atom. The van der Waals surface area contributed by atoms with Crippen LogP contribution in [0.4, 0.5) is 10.2 Å². The van der Waals surface area contributed by atoms with E-state index in [0.717, 1.165) is 25.7 Å². The van der Waals surface area contributed by atoms with Crippen LogP contribution in [0.5, 0.6) is 0 Å². The van der Waals surface area contributed by atoms with Crippen LogP contribution >= 0.6 is 0 Å². The molecule has 0 radical (unpaired) electrons. The molecule has 1 saturated carbocycles. The number of rotatable bonds is 3. The third-order valence-corrected chi connectivity index (χ3v) is 3.78. The summed E-state index contributed by atoms with van der Waals surface area (Å²) in [6.07, 6.45) is 4.94. The summed E-state index contributed by atoms with van der Waals surface area (Å²) in [6.45, 7) is 0. The van der Waals surface area contributed by atoms with Gasteiger partial charge in [-0.1, -0.05) is 17.7 Å². The summed E-state index contributed by atoms with van der Waals surface area (Å²) in [4.78, 5) is 12.2. The number of carbonyl (C=O) groups is 1. The summed E-state index contributed by atoms with van der Waals surface area (Å²) in [7, 11) is 0. The molecule has 116 valence electrons. The second-order valence-electron chi connectivity index (χ2n) is 5.38. The molecule has 1 heterocycles. The van der Waals surface area contributed by atoms with E-state index in [1.165, 1.54) is 29.3 Å². The number of aromatic nitrogens is 3. The van der Waals surface area contributed by atoms with Crippen molar-refractivity contribution < 1.29 is 13.9 Å². The molecule has 0 spiro atoms. The van der Waals surface area contributed by atoms with E-state index in [2.05, 4.69) is 10.3 Å². The fourth-order valence-electron chi connectivity index (χ4n) is 2.62. The van der Waals surface area contributed by atoms with Crippen molar-refractivity contribution in [3.05, 3.63) is 35.8 Å². The number of anilines is 1. The van der Waals surface area contributed by atoms with Gasteiger partial charge in [0, 0.05) is 0 Å². The smallest absolute Gasteiger partial charge is 0.363 e. The summed E-state index contributed by atoms with van der Waals surface area (Å²) in [6, 6.07) is 5.74. The highest BCUT2D eigenvalue weighted by molar-refractivity contribution is 5.92. The molecular weight excluding hydrogens is 287 g/mol. The van der Waals surface area contributed by atoms with Gasteiger partial charge >= 0.3 is 5.97 Å². The number of nitrogens with zero attached hydrogens (tertiary/aromatic N) is 3. The maximum Gasteiger partial charge on any atom is 0.363 e. The number of nitrogens with two attached hydrogens (primary N) is 1. The Bertz CT molecular complexity index is 680. The van der Waals surface area contributed by atoms with Crippen molar-refractivity contribution in [2.75, 3.05) is 5.73 Å². The first-order chi connectivity index (χ1) is 10.6. The Labute approximate surface area is 127 Å². The lowest BCUT2D eigenvalue weighted by Gasteiger charge is -2.21. The van der Waals surface area contributed by atoms with Gasteiger partial charge in [0.25, 0.3) is 0 Å². The molecule has 0 unspecified atom stereocenters. The second kappa shape index (κ2) is 6.13. The molecule has 1 aliphatic rings. The molecule has 0 atom stereocenters. The quantitative estimate of drug-likeness (QED) is 0.881. The molecule has 22 heavy (non-hydrogen) atoms. The van der Waals surface area contributed by atoms with Gasteiger partial charge in [0.1, 0.15) is 11.9 Å². The Hall–Kier alpha value is -2.44. The van der Waals surface area contributed by atoms with Gasteiger partial charge in [0.05, 0.1) is 5.69 Å². The molecule has 2 aromatic rings. The van der Waals surface area contributed by atoms with Crippen molar-refractivity contribution in [2.45, 2.75) is 38.2 Å². The maximum absolute atomic E-state index is 13.3. The lowest BCUT2D eigenvalue weighted by atomic mass is 9.98. The largest absolute Gasteiger partial charge is 0.458 e. The number of esters is 1. The van der Waals surface area contributed by atoms with Crippen LogP contribution in [-0.4, -0.2) is 27.1 Å². The number of hydrogen-bond acceptors (Lipinski definition) is 5. The molecule has 0 amide bonds. The van der Waals surface area contributed by atoms with Crippen molar-refractivity contribution in [1.29, 1.82) is 0 Å². The molecule has 2 N–H and O–H groups in total. The normalized spacial score (nSPS) is 15.7. The summed E-state index contributed by atoms with van der Waals surface area (Å²) in [5.74, 6) is -0.947. The van der Waals surface area contributed by atoms with E-state index in [-0.39, 0.29) is 17.6 Å². The lowest BCUT2D eigenvalue weighted by Crippen LogP contribution is -2.21. The minimum absolute atomic E-state index is 0.0326. The highest BCUT2D eigenvalue weighted by Crippen LogP contribution is 2.23. The standard InChI is InChI=1S/C15H17FN4O2/c16-10-5-4-6-11(9-10)20-14(17)13(18-19-20)15(21)22-12-7-2-1-3-8-12/h4-6,9,12H,1-3,7-8,17H2. The monoisotopic (exact) mass is 304 g/mol. The first kappa shape index (κ1) is 14.5. The van der Waals surface area contributed by atoms with Gasteiger partial charge in [-0.15, -0.1) is 5.10 Å². The van der Waals surface area contributed by atoms with Crippen LogP contribution in [-0.2, 0) is 4.74 Å². The average Bonchev–Trinajstić information content (AvgIpc) is 2.90. The van der Waals surface area contributed by atoms with Crippen molar-refractivity contribution in [3.8, 4) is 5.69 Å². The maximum atomic E-state index is 13.3. The van der Waals surface area contributed by atoms with Gasteiger partial charge in [-0.25, -0.2) is 9.18 Å². The van der Waals surface area contributed by atoms with E-state index in [1.54, 1.807) is 6.07 Å². The molecule has 7 heteroatoms. The minimum Gasteiger partial charge on any atom is -0.458 e. The Morgan fingerprint density at radius 3 is 2.82 bits per heavy atom. The van der Waals surface area contributed by atoms with E-state index in [1.807, 2.05) is 0 Å². The molecule has 1 aromatic heterocycles. The average molecular weight is 304 g/mol. The van der Waals surface area contributed by atoms with E-state index in [4.69, 9.17) is 10.5 Å². The van der Waals surface area contributed by atoms with E-state index in [0.29, 0.717) is 5.69 Å². The van der Waals surface area contributed by atoms with Gasteiger partial charge in [-0.3, -0.25) is 0 Å². The van der Waals surface area contributed by atoms with E-state index < -0.39 is 11.8 Å². The molecule has 3 rings (SSSR count). The summed E-state index contributed by atoms with van der Waals surface area (Å²) in [5, 5.41) is 7.59. The first-order valence-electron chi connectivity index (χ1n) is 7.33. The molecule has 1 aliphatic carbocycles. The highest BCUT2D eigenvalue weighted by atomic mass is 19.1. The predicted octanol–water partition coefficient (Wildman–Crippen LogP) is 2.48. The first-order valence-corrected chi connectivity index (χ1v) is 7.33. The second-order valence-corrected chi connectivity index (χ2v) is 5.38. The number of carbonyl (C=O) groups excluding carboxylic acids is 1. The molecule has 0 saturated heterocycles. The molecular formula is C15H17FN4O2. The predicted molar refractivity (Wildman–Crippen MR) is 78.0 cm³/mol. The van der Waals surface area contributed by atoms with Crippen LogP contribution in [0.2, 0.25) is 0 Å². The van der Waals surface area contributed by atoms with Crippen LogP contribution < -0.4 is 5.73 Å². The third-order valence-electron chi connectivity index (χ3n) is 3.78. The zero-order valence-corrected chi connectivity index (χ0v) is 12.0. The number of hydrogen-bond donors (Lipinski definition) is 1. The van der Waals surface area contributed by atoms with E-state index in [9.17, 15) is 9.18 Å². The zero-order chi connectivity index (χ0) is 15.5. The van der Waals surface area contributed by atoms with E-state index >= 15 is 0 Å². The van der Waals surface area contributed by atoms with Crippen molar-refractivity contribution in [3.63, 3.8) is 0 Å². The van der Waals surface area contributed by atoms with Gasteiger partial charge in [0.2, 0.25) is 5.69 Å². The Morgan fingerprint density at radius 1 is 1.32 bits per heavy atom. The molecule has 1 fully saturated rings. The third kappa shape index (κ3) is 2.93. The highest BCUT2D eigenvalue weighted by Gasteiger charge is 2.24. The lowest BCUT2D eigenvalue weighted by molar-refractivity contribution is 0.0205. The van der Waals surface area contributed by atoms with Crippen LogP contribution in [0.3, 0.4) is 0 Å². The van der Waals surface area contributed by atoms with Crippen molar-refractivity contribution in [1.82, 2.24) is 15.0 Å². The topological polar surface area (TPSA) is 83.0 Å². The van der Waals surface area contributed by atoms with Gasteiger partial charge in [-0.2, -0.15) is 4.68 Å². The fraction of sp³-hybridized carbons (Fsp3) is 0.400. The fourth-order valence-corrected chi connectivity index (χ4v) is 2.62. The van der Waals surface area contributed by atoms with Crippen LogP contribution in [0, 0.1) is 5.82 Å². The van der Waals surface area contributed by atoms with Gasteiger partial charge < -0.3 is 10.5 Å². The van der Waals surface area contributed by atoms with Gasteiger partial charge in [0.15, 0.2) is 5.82 Å². The van der Waals surface area contributed by atoms with Gasteiger partial charge in [-0.05, 0) is 43.9 Å². The van der Waals surface area contributed by atoms with Crippen LogP contribution in [0.25, 0.3) is 5.69 Å². The SMILES string of the molecule is Nc1c(C(=O)OC2CCCCC2)nnn1-c1cccc(F)c1. The minimum atomic E-state index is -0.577. The molecule has 6 nitrogen and oxygen atoms in total. The number of halogens is 1. The number of benzene rings is 1. The molecule has 1 aromatic carbocycles. The Kier molecular flexibility index (Phi) is 4.04. The number of nitrogen functional groups attached to an aromatic ring is 1. The molecule has 0 bridgehead atoms. The number of ether oxygens (including phenoxy) is 1. The summed E-state index contributed by atoms with van der Waals surface area (Å²) < 4.78 is 19.9. The van der Waals surface area contributed by atoms with Crippen LogP contribution in [0.1, 0.15) is 42.6 Å². The Balaban J connectivity index is 1.79.